The fourth-order valence-electron chi connectivity index (χ4n) is 1.86. The number of halogens is 3. The molecule has 0 atom stereocenters. The van der Waals surface area contributed by atoms with Gasteiger partial charge in [-0.15, -0.1) is 0 Å². The summed E-state index contributed by atoms with van der Waals surface area (Å²) in [4.78, 5) is 11.2. The number of carboxylic acids is 1. The van der Waals surface area contributed by atoms with Crippen LogP contribution in [0.4, 0.5) is 0 Å². The highest BCUT2D eigenvalue weighted by Crippen LogP contribution is 2.34. The number of aromatic carboxylic acids is 1. The SMILES string of the molecule is O=C(O)c1nn(-c2ccc(Br)c(Cl)c2Cl)cc1CCCO. The minimum absolute atomic E-state index is 0.0187. The van der Waals surface area contributed by atoms with E-state index >= 15 is 0 Å². The van der Waals surface area contributed by atoms with Crippen molar-refractivity contribution in [1.82, 2.24) is 9.78 Å². The first-order chi connectivity index (χ1) is 9.95. The van der Waals surface area contributed by atoms with Gasteiger partial charge in [-0.1, -0.05) is 23.2 Å². The second kappa shape index (κ2) is 6.79. The van der Waals surface area contributed by atoms with Gasteiger partial charge >= 0.3 is 5.97 Å². The summed E-state index contributed by atoms with van der Waals surface area (Å²) in [6.45, 7) is -0.0187. The van der Waals surface area contributed by atoms with Gasteiger partial charge in [-0.3, -0.25) is 0 Å². The van der Waals surface area contributed by atoms with Gasteiger partial charge < -0.3 is 10.2 Å². The number of benzene rings is 1. The number of carbonyl (C=O) groups is 1. The normalized spacial score (nSPS) is 10.9. The number of carboxylic acid groups (broad SMARTS) is 1. The van der Waals surface area contributed by atoms with Gasteiger partial charge in [0, 0.05) is 22.8 Å². The molecule has 112 valence electrons. The molecule has 1 aromatic carbocycles. The van der Waals surface area contributed by atoms with Crippen molar-refractivity contribution in [2.24, 2.45) is 0 Å². The molecule has 0 spiro atoms. The molecule has 0 saturated carbocycles. The van der Waals surface area contributed by atoms with Crippen LogP contribution >= 0.6 is 39.1 Å². The summed E-state index contributed by atoms with van der Waals surface area (Å²) in [5.74, 6) is -1.12. The van der Waals surface area contributed by atoms with Crippen LogP contribution < -0.4 is 0 Å². The topological polar surface area (TPSA) is 75.3 Å². The molecule has 0 aliphatic carbocycles. The molecule has 0 saturated heterocycles. The number of hydrogen-bond donors (Lipinski definition) is 2. The molecule has 0 radical (unpaired) electrons. The lowest BCUT2D eigenvalue weighted by atomic mass is 10.1. The molecule has 2 rings (SSSR count). The van der Waals surface area contributed by atoms with E-state index in [1.807, 2.05) is 0 Å². The van der Waals surface area contributed by atoms with Crippen molar-refractivity contribution in [3.05, 3.63) is 44.1 Å². The molecule has 0 aliphatic rings. The predicted molar refractivity (Wildman–Crippen MR) is 83.7 cm³/mol. The maximum Gasteiger partial charge on any atom is 0.356 e. The lowest BCUT2D eigenvalue weighted by molar-refractivity contribution is 0.0688. The Hall–Kier alpha value is -1.08. The third kappa shape index (κ3) is 3.40. The number of aliphatic hydroxyl groups is 1. The van der Waals surface area contributed by atoms with Crippen molar-refractivity contribution < 1.29 is 15.0 Å². The fraction of sp³-hybridized carbons (Fsp3) is 0.231. The maximum absolute atomic E-state index is 11.2. The third-order valence-corrected chi connectivity index (χ3v) is 4.62. The highest BCUT2D eigenvalue weighted by molar-refractivity contribution is 9.10. The van der Waals surface area contributed by atoms with E-state index in [4.69, 9.17) is 28.3 Å². The van der Waals surface area contributed by atoms with Gasteiger partial charge in [0.2, 0.25) is 0 Å². The van der Waals surface area contributed by atoms with Crippen molar-refractivity contribution in [3.8, 4) is 5.69 Å². The Morgan fingerprint density at radius 3 is 2.67 bits per heavy atom. The standard InChI is InChI=1S/C13H11BrCl2N2O3/c14-8-3-4-9(11(16)10(8)15)18-6-7(2-1-5-19)12(17-18)13(20)21/h3-4,6,19H,1-2,5H2,(H,20,21). The fourth-order valence-corrected chi connectivity index (χ4v) is 2.71. The Morgan fingerprint density at radius 1 is 1.33 bits per heavy atom. The van der Waals surface area contributed by atoms with Crippen molar-refractivity contribution in [1.29, 1.82) is 0 Å². The van der Waals surface area contributed by atoms with Crippen molar-refractivity contribution in [2.75, 3.05) is 6.61 Å². The molecule has 0 unspecified atom stereocenters. The average molecular weight is 394 g/mol. The Labute approximate surface area is 139 Å². The molecule has 0 aliphatic heterocycles. The second-order valence-corrected chi connectivity index (χ2v) is 5.88. The Bertz CT molecular complexity index is 688. The van der Waals surface area contributed by atoms with Crippen LogP contribution in [0.1, 0.15) is 22.5 Å². The van der Waals surface area contributed by atoms with Crippen LogP contribution in [-0.2, 0) is 6.42 Å². The monoisotopic (exact) mass is 392 g/mol. The van der Waals surface area contributed by atoms with Gasteiger partial charge in [0.15, 0.2) is 5.69 Å². The summed E-state index contributed by atoms with van der Waals surface area (Å²) in [6.07, 6.45) is 2.46. The van der Waals surface area contributed by atoms with E-state index in [9.17, 15) is 9.90 Å². The number of hydrogen-bond acceptors (Lipinski definition) is 3. The number of aryl methyl sites for hydroxylation is 1. The van der Waals surface area contributed by atoms with Gasteiger partial charge in [-0.25, -0.2) is 9.48 Å². The quantitative estimate of drug-likeness (QED) is 0.761. The van der Waals surface area contributed by atoms with Crippen LogP contribution in [0.3, 0.4) is 0 Å². The summed E-state index contributed by atoms with van der Waals surface area (Å²) >= 11 is 15.5. The molecule has 0 bridgehead atoms. The van der Waals surface area contributed by atoms with Crippen molar-refractivity contribution >= 4 is 45.1 Å². The Kier molecular flexibility index (Phi) is 5.27. The highest BCUT2D eigenvalue weighted by atomic mass is 79.9. The lowest BCUT2D eigenvalue weighted by Crippen LogP contribution is -2.03. The first-order valence-corrected chi connectivity index (χ1v) is 7.57. The van der Waals surface area contributed by atoms with Crippen LogP contribution in [0.2, 0.25) is 10.0 Å². The molecule has 2 aromatic rings. The molecular weight excluding hydrogens is 383 g/mol. The molecule has 8 heteroatoms. The molecule has 5 nitrogen and oxygen atoms in total. The van der Waals surface area contributed by atoms with Crippen LogP contribution in [0.15, 0.2) is 22.8 Å². The minimum atomic E-state index is -1.12. The van der Waals surface area contributed by atoms with Gasteiger partial charge in [0.1, 0.15) is 0 Å². The van der Waals surface area contributed by atoms with Crippen LogP contribution in [0.25, 0.3) is 5.69 Å². The predicted octanol–water partition coefficient (Wildman–Crippen LogP) is 3.56. The van der Waals surface area contributed by atoms with Crippen LogP contribution in [0.5, 0.6) is 0 Å². The lowest BCUT2D eigenvalue weighted by Gasteiger charge is -2.07. The molecule has 2 N–H and O–H groups in total. The molecule has 0 fully saturated rings. The van der Waals surface area contributed by atoms with Gasteiger partial charge in [-0.05, 0) is 40.9 Å². The Morgan fingerprint density at radius 2 is 2.05 bits per heavy atom. The van der Waals surface area contributed by atoms with E-state index in [0.29, 0.717) is 33.6 Å². The molecule has 21 heavy (non-hydrogen) atoms. The molecule has 0 amide bonds. The van der Waals surface area contributed by atoms with Crippen LogP contribution in [-0.4, -0.2) is 32.6 Å². The minimum Gasteiger partial charge on any atom is -0.476 e. The number of aromatic nitrogens is 2. The highest BCUT2D eigenvalue weighted by Gasteiger charge is 2.18. The van der Waals surface area contributed by atoms with Crippen molar-refractivity contribution in [3.63, 3.8) is 0 Å². The second-order valence-electron chi connectivity index (χ2n) is 4.27. The van der Waals surface area contributed by atoms with Gasteiger partial charge in [0.05, 0.1) is 15.7 Å². The molecular formula is C13H11BrCl2N2O3. The van der Waals surface area contributed by atoms with Crippen molar-refractivity contribution in [2.45, 2.75) is 12.8 Å². The number of rotatable bonds is 5. The third-order valence-electron chi connectivity index (χ3n) is 2.86. The molecule has 1 aromatic heterocycles. The molecule has 1 heterocycles. The first-order valence-electron chi connectivity index (χ1n) is 6.02. The van der Waals surface area contributed by atoms with Gasteiger partial charge in [0.25, 0.3) is 0 Å². The average Bonchev–Trinajstić information content (AvgIpc) is 2.87. The van der Waals surface area contributed by atoms with E-state index in [1.54, 1.807) is 18.3 Å². The van der Waals surface area contributed by atoms with E-state index in [0.717, 1.165) is 0 Å². The smallest absolute Gasteiger partial charge is 0.356 e. The van der Waals surface area contributed by atoms with E-state index in [1.165, 1.54) is 4.68 Å². The summed E-state index contributed by atoms with van der Waals surface area (Å²) in [5.41, 5.74) is 0.966. The summed E-state index contributed by atoms with van der Waals surface area (Å²) < 4.78 is 2.03. The summed E-state index contributed by atoms with van der Waals surface area (Å²) in [7, 11) is 0. The Balaban J connectivity index is 2.50. The number of nitrogens with zero attached hydrogens (tertiary/aromatic N) is 2. The zero-order valence-electron chi connectivity index (χ0n) is 10.7. The summed E-state index contributed by atoms with van der Waals surface area (Å²) in [6, 6.07) is 3.39. The van der Waals surface area contributed by atoms with E-state index < -0.39 is 5.97 Å². The maximum atomic E-state index is 11.2. The van der Waals surface area contributed by atoms with E-state index in [-0.39, 0.29) is 17.3 Å². The zero-order valence-corrected chi connectivity index (χ0v) is 13.8. The zero-order chi connectivity index (χ0) is 15.6. The first kappa shape index (κ1) is 16.3. The summed E-state index contributed by atoms with van der Waals surface area (Å²) in [5, 5.41) is 22.7. The number of aliphatic hydroxyl groups excluding tert-OH is 1. The van der Waals surface area contributed by atoms with Gasteiger partial charge in [-0.2, -0.15) is 5.10 Å². The van der Waals surface area contributed by atoms with Crippen LogP contribution in [0, 0.1) is 0 Å². The largest absolute Gasteiger partial charge is 0.476 e. The van der Waals surface area contributed by atoms with E-state index in [2.05, 4.69) is 21.0 Å².